The standard InChI is InChI=1S/C25H40F6O4/c1-8-20(3,4)16-22(7,21(5,6)9-2)19(33)35-23(13-11-10-12-14-23)15-17(32)34-18(24(26,27)28)25(29,30)31/h18H,8-16H2,1-7H3. The maximum Gasteiger partial charge on any atom is 0.434 e. The van der Waals surface area contributed by atoms with Gasteiger partial charge in [0.2, 0.25) is 0 Å². The highest BCUT2D eigenvalue weighted by Crippen LogP contribution is 2.52. The fourth-order valence-electron chi connectivity index (χ4n) is 4.64. The summed E-state index contributed by atoms with van der Waals surface area (Å²) in [6, 6.07) is 0. The molecule has 0 heterocycles. The fourth-order valence-corrected chi connectivity index (χ4v) is 4.64. The third-order valence-corrected chi connectivity index (χ3v) is 8.00. The molecular formula is C25H40F6O4. The predicted molar refractivity (Wildman–Crippen MR) is 119 cm³/mol. The lowest BCUT2D eigenvalue weighted by Crippen LogP contribution is -2.51. The summed E-state index contributed by atoms with van der Waals surface area (Å²) in [6.07, 6.45) is -12.7. The zero-order valence-electron chi connectivity index (χ0n) is 21.8. The van der Waals surface area contributed by atoms with Crippen LogP contribution in [0, 0.1) is 16.2 Å². The molecule has 0 aromatic carbocycles. The Morgan fingerprint density at radius 2 is 1.31 bits per heavy atom. The van der Waals surface area contributed by atoms with Gasteiger partial charge in [-0.25, -0.2) is 0 Å². The van der Waals surface area contributed by atoms with Crippen LogP contribution in [0.25, 0.3) is 0 Å². The number of hydrogen-bond acceptors (Lipinski definition) is 4. The van der Waals surface area contributed by atoms with Crippen molar-refractivity contribution in [1.29, 1.82) is 0 Å². The van der Waals surface area contributed by atoms with Gasteiger partial charge in [-0.05, 0) is 56.3 Å². The molecule has 0 N–H and O–H groups in total. The van der Waals surface area contributed by atoms with Gasteiger partial charge in [-0.1, -0.05) is 54.4 Å². The zero-order chi connectivity index (χ0) is 27.5. The Morgan fingerprint density at radius 1 is 0.829 bits per heavy atom. The lowest BCUT2D eigenvalue weighted by atomic mass is 9.58. The molecular weight excluding hydrogens is 478 g/mol. The SMILES string of the molecule is CCC(C)(C)CC(C)(C(=O)OC1(CC(=O)OC(C(F)(F)F)C(F)(F)F)CCCCC1)C(C)(C)CC. The second-order valence-corrected chi connectivity index (χ2v) is 11.5. The van der Waals surface area contributed by atoms with Gasteiger partial charge in [0, 0.05) is 0 Å². The van der Waals surface area contributed by atoms with Gasteiger partial charge in [-0.3, -0.25) is 9.59 Å². The van der Waals surface area contributed by atoms with E-state index in [0.29, 0.717) is 25.7 Å². The van der Waals surface area contributed by atoms with E-state index in [-0.39, 0.29) is 18.3 Å². The van der Waals surface area contributed by atoms with Crippen molar-refractivity contribution in [2.75, 3.05) is 0 Å². The van der Waals surface area contributed by atoms with Gasteiger partial charge < -0.3 is 9.47 Å². The van der Waals surface area contributed by atoms with Gasteiger partial charge in [0.15, 0.2) is 0 Å². The van der Waals surface area contributed by atoms with Crippen molar-refractivity contribution in [3.8, 4) is 0 Å². The van der Waals surface area contributed by atoms with Gasteiger partial charge >= 0.3 is 24.3 Å². The molecule has 35 heavy (non-hydrogen) atoms. The monoisotopic (exact) mass is 518 g/mol. The second-order valence-electron chi connectivity index (χ2n) is 11.5. The molecule has 206 valence electrons. The van der Waals surface area contributed by atoms with E-state index in [1.165, 1.54) is 0 Å². The largest absolute Gasteiger partial charge is 0.458 e. The van der Waals surface area contributed by atoms with Gasteiger partial charge in [0.1, 0.15) is 5.60 Å². The lowest BCUT2D eigenvalue weighted by Gasteiger charge is -2.48. The third kappa shape index (κ3) is 8.00. The molecule has 4 nitrogen and oxygen atoms in total. The average Bonchev–Trinajstić information content (AvgIpc) is 2.70. The molecule has 0 radical (unpaired) electrons. The van der Waals surface area contributed by atoms with Gasteiger partial charge in [-0.15, -0.1) is 0 Å². The number of carbonyl (C=O) groups excluding carboxylic acids is 2. The van der Waals surface area contributed by atoms with Crippen LogP contribution >= 0.6 is 0 Å². The highest BCUT2D eigenvalue weighted by Gasteiger charge is 2.60. The summed E-state index contributed by atoms with van der Waals surface area (Å²) in [5.74, 6) is -2.28. The van der Waals surface area contributed by atoms with E-state index < -0.39 is 53.2 Å². The third-order valence-electron chi connectivity index (χ3n) is 8.00. The minimum absolute atomic E-state index is 0.163. The van der Waals surface area contributed by atoms with Crippen LogP contribution in [0.2, 0.25) is 0 Å². The van der Waals surface area contributed by atoms with Crippen molar-refractivity contribution in [2.24, 2.45) is 16.2 Å². The molecule has 1 unspecified atom stereocenters. The molecule has 1 fully saturated rings. The summed E-state index contributed by atoms with van der Waals surface area (Å²) in [5, 5.41) is 0. The molecule has 0 aromatic heterocycles. The highest BCUT2D eigenvalue weighted by atomic mass is 19.4. The Kier molecular flexibility index (Phi) is 9.80. The molecule has 1 aliphatic rings. The van der Waals surface area contributed by atoms with Crippen LogP contribution in [0.15, 0.2) is 0 Å². The van der Waals surface area contributed by atoms with E-state index >= 15 is 0 Å². The van der Waals surface area contributed by atoms with Crippen molar-refractivity contribution in [2.45, 2.75) is 130 Å². The normalized spacial score (nSPS) is 19.3. The van der Waals surface area contributed by atoms with Crippen LogP contribution in [-0.4, -0.2) is 36.0 Å². The summed E-state index contributed by atoms with van der Waals surface area (Å²) in [4.78, 5) is 26.1. The maximum absolute atomic E-state index is 13.7. The first kappa shape index (κ1) is 31.5. The Balaban J connectivity index is 3.28. The molecule has 1 rings (SSSR count). The molecule has 0 spiro atoms. The summed E-state index contributed by atoms with van der Waals surface area (Å²) < 4.78 is 87.2. The van der Waals surface area contributed by atoms with Crippen LogP contribution < -0.4 is 0 Å². The van der Waals surface area contributed by atoms with Crippen molar-refractivity contribution in [3.05, 3.63) is 0 Å². The molecule has 0 amide bonds. The number of rotatable bonds is 10. The Hall–Kier alpha value is -1.48. The Morgan fingerprint density at radius 3 is 1.71 bits per heavy atom. The summed E-state index contributed by atoms with van der Waals surface area (Å²) >= 11 is 0. The van der Waals surface area contributed by atoms with Crippen LogP contribution in [0.3, 0.4) is 0 Å². The molecule has 1 aliphatic carbocycles. The molecule has 0 bridgehead atoms. The van der Waals surface area contributed by atoms with E-state index in [1.807, 2.05) is 41.5 Å². The van der Waals surface area contributed by atoms with Crippen molar-refractivity contribution in [1.82, 2.24) is 0 Å². The minimum Gasteiger partial charge on any atom is -0.458 e. The van der Waals surface area contributed by atoms with Crippen LogP contribution in [0.4, 0.5) is 26.3 Å². The first-order chi connectivity index (χ1) is 15.6. The van der Waals surface area contributed by atoms with Crippen molar-refractivity contribution in [3.63, 3.8) is 0 Å². The number of esters is 2. The first-order valence-corrected chi connectivity index (χ1v) is 12.2. The lowest BCUT2D eigenvalue weighted by molar-refractivity contribution is -0.314. The van der Waals surface area contributed by atoms with E-state index in [0.717, 1.165) is 12.8 Å². The van der Waals surface area contributed by atoms with Crippen molar-refractivity contribution >= 4 is 11.9 Å². The topological polar surface area (TPSA) is 52.6 Å². The fraction of sp³-hybridized carbons (Fsp3) is 0.920. The minimum atomic E-state index is -5.81. The van der Waals surface area contributed by atoms with Crippen LogP contribution in [0.1, 0.15) is 106 Å². The molecule has 0 aromatic rings. The van der Waals surface area contributed by atoms with Crippen LogP contribution in [0.5, 0.6) is 0 Å². The van der Waals surface area contributed by atoms with E-state index in [9.17, 15) is 35.9 Å². The molecule has 0 saturated heterocycles. The first-order valence-electron chi connectivity index (χ1n) is 12.2. The van der Waals surface area contributed by atoms with Gasteiger partial charge in [-0.2, -0.15) is 26.3 Å². The maximum atomic E-state index is 13.7. The number of hydrogen-bond donors (Lipinski definition) is 0. The summed E-state index contributed by atoms with van der Waals surface area (Å²) in [6.45, 7) is 13.6. The Bertz CT molecular complexity index is 721. The summed E-state index contributed by atoms with van der Waals surface area (Å²) in [7, 11) is 0. The van der Waals surface area contributed by atoms with Gasteiger partial charge in [0.25, 0.3) is 6.10 Å². The predicted octanol–water partition coefficient (Wildman–Crippen LogP) is 7.93. The van der Waals surface area contributed by atoms with Crippen LogP contribution in [-0.2, 0) is 19.1 Å². The molecule has 0 aliphatic heterocycles. The average molecular weight is 519 g/mol. The van der Waals surface area contributed by atoms with E-state index in [1.54, 1.807) is 6.92 Å². The summed E-state index contributed by atoms with van der Waals surface area (Å²) in [5.41, 5.74) is -3.26. The van der Waals surface area contributed by atoms with Crippen molar-refractivity contribution < 1.29 is 45.4 Å². The van der Waals surface area contributed by atoms with E-state index in [2.05, 4.69) is 4.74 Å². The number of ether oxygens (including phenoxy) is 2. The number of halogens is 6. The molecule has 1 saturated carbocycles. The zero-order valence-corrected chi connectivity index (χ0v) is 21.8. The van der Waals surface area contributed by atoms with E-state index in [4.69, 9.17) is 4.74 Å². The molecule has 10 heteroatoms. The highest BCUT2D eigenvalue weighted by molar-refractivity contribution is 5.79. The smallest absolute Gasteiger partial charge is 0.434 e. The quantitative estimate of drug-likeness (QED) is 0.218. The number of alkyl halides is 6. The second kappa shape index (κ2) is 10.9. The van der Waals surface area contributed by atoms with Gasteiger partial charge in [0.05, 0.1) is 11.8 Å². The Labute approximate surface area is 204 Å². The molecule has 1 atom stereocenters. The number of carbonyl (C=O) groups is 2.